The minimum absolute atomic E-state index is 0.0338. The highest BCUT2D eigenvalue weighted by Crippen LogP contribution is 2.16. The molecule has 0 aromatic heterocycles. The van der Waals surface area contributed by atoms with Crippen molar-refractivity contribution in [3.05, 3.63) is 30.1 Å². The Hall–Kier alpha value is -1.67. The first-order chi connectivity index (χ1) is 10.9. The Labute approximate surface area is 135 Å². The smallest absolute Gasteiger partial charge is 0.258 e. The van der Waals surface area contributed by atoms with Crippen LogP contribution in [0.5, 0.6) is 5.75 Å². The zero-order valence-electron chi connectivity index (χ0n) is 13.0. The van der Waals surface area contributed by atoms with Gasteiger partial charge in [-0.25, -0.2) is 17.1 Å². The van der Waals surface area contributed by atoms with E-state index in [0.29, 0.717) is 25.9 Å². The van der Waals surface area contributed by atoms with Crippen molar-refractivity contribution in [2.45, 2.75) is 25.8 Å². The van der Waals surface area contributed by atoms with Gasteiger partial charge in [0.05, 0.1) is 5.75 Å². The molecule has 8 heteroatoms. The van der Waals surface area contributed by atoms with Crippen molar-refractivity contribution in [1.82, 2.24) is 9.62 Å². The van der Waals surface area contributed by atoms with Crippen LogP contribution in [0.15, 0.2) is 24.3 Å². The summed E-state index contributed by atoms with van der Waals surface area (Å²) in [5, 5.41) is 2.79. The Morgan fingerprint density at radius 3 is 2.61 bits per heavy atom. The molecule has 1 aromatic rings. The van der Waals surface area contributed by atoms with Gasteiger partial charge >= 0.3 is 0 Å². The van der Waals surface area contributed by atoms with Gasteiger partial charge in [-0.2, -0.15) is 0 Å². The number of nitrogens with one attached hydrogen (secondary N) is 1. The number of piperidine rings is 1. The molecule has 23 heavy (non-hydrogen) atoms. The summed E-state index contributed by atoms with van der Waals surface area (Å²) in [6.45, 7) is 2.14. The van der Waals surface area contributed by atoms with Crippen LogP contribution in [-0.2, 0) is 14.8 Å². The first-order valence-corrected chi connectivity index (χ1v) is 9.18. The molecule has 1 saturated heterocycles. The van der Waals surface area contributed by atoms with Gasteiger partial charge in [0.15, 0.2) is 18.2 Å². The van der Waals surface area contributed by atoms with Gasteiger partial charge in [0, 0.05) is 19.1 Å². The minimum atomic E-state index is -3.17. The summed E-state index contributed by atoms with van der Waals surface area (Å²) in [5.74, 6) is -0.740. The molecule has 1 aliphatic heterocycles. The van der Waals surface area contributed by atoms with Gasteiger partial charge in [0.1, 0.15) is 0 Å². The fourth-order valence-corrected chi connectivity index (χ4v) is 3.57. The van der Waals surface area contributed by atoms with Gasteiger partial charge in [-0.15, -0.1) is 0 Å². The number of ether oxygens (including phenoxy) is 1. The molecule has 1 fully saturated rings. The van der Waals surface area contributed by atoms with Gasteiger partial charge < -0.3 is 10.1 Å². The number of hydrogen-bond acceptors (Lipinski definition) is 4. The van der Waals surface area contributed by atoms with Crippen LogP contribution in [0.2, 0.25) is 0 Å². The van der Waals surface area contributed by atoms with Crippen molar-refractivity contribution >= 4 is 15.9 Å². The molecule has 0 radical (unpaired) electrons. The first kappa shape index (κ1) is 17.7. The van der Waals surface area contributed by atoms with Gasteiger partial charge in [0.2, 0.25) is 10.0 Å². The summed E-state index contributed by atoms with van der Waals surface area (Å²) >= 11 is 0. The van der Waals surface area contributed by atoms with E-state index in [9.17, 15) is 17.6 Å². The van der Waals surface area contributed by atoms with E-state index in [0.717, 1.165) is 0 Å². The molecule has 1 aliphatic rings. The van der Waals surface area contributed by atoms with E-state index in [2.05, 4.69) is 5.32 Å². The number of carbonyl (C=O) groups is 1. The molecule has 1 N–H and O–H groups in total. The van der Waals surface area contributed by atoms with Crippen molar-refractivity contribution in [1.29, 1.82) is 0 Å². The fourth-order valence-electron chi connectivity index (χ4n) is 2.44. The van der Waals surface area contributed by atoms with E-state index >= 15 is 0 Å². The lowest BCUT2D eigenvalue weighted by atomic mass is 10.1. The average molecular weight is 344 g/mol. The summed E-state index contributed by atoms with van der Waals surface area (Å²) in [6.07, 6.45) is 1.12. The van der Waals surface area contributed by atoms with Crippen LogP contribution in [-0.4, -0.2) is 50.1 Å². The number of para-hydroxylation sites is 1. The summed E-state index contributed by atoms with van der Waals surface area (Å²) in [4.78, 5) is 11.8. The maximum atomic E-state index is 13.4. The number of rotatable bonds is 6. The highest BCUT2D eigenvalue weighted by Gasteiger charge is 2.27. The van der Waals surface area contributed by atoms with E-state index in [-0.39, 0.29) is 30.1 Å². The zero-order chi connectivity index (χ0) is 16.9. The number of benzene rings is 1. The Morgan fingerprint density at radius 2 is 2.00 bits per heavy atom. The lowest BCUT2D eigenvalue weighted by molar-refractivity contribution is -0.124. The third-order valence-electron chi connectivity index (χ3n) is 3.77. The van der Waals surface area contributed by atoms with Crippen molar-refractivity contribution < 1.29 is 22.3 Å². The molecule has 6 nitrogen and oxygen atoms in total. The lowest BCUT2D eigenvalue weighted by Crippen LogP contribution is -2.47. The van der Waals surface area contributed by atoms with Crippen molar-refractivity contribution in [3.63, 3.8) is 0 Å². The first-order valence-electron chi connectivity index (χ1n) is 7.57. The predicted octanol–water partition coefficient (Wildman–Crippen LogP) is 1.13. The molecule has 128 valence electrons. The SMILES string of the molecule is CCS(=O)(=O)N1CCC(NC(=O)COc2ccccc2F)CC1. The van der Waals surface area contributed by atoms with Crippen molar-refractivity contribution in [2.24, 2.45) is 0 Å². The quantitative estimate of drug-likeness (QED) is 0.839. The minimum Gasteiger partial charge on any atom is -0.481 e. The maximum Gasteiger partial charge on any atom is 0.258 e. The third-order valence-corrected chi connectivity index (χ3v) is 5.65. The molecule has 0 unspecified atom stereocenters. The standard InChI is InChI=1S/C15H21FN2O4S/c1-2-23(20,21)18-9-7-12(8-10-18)17-15(19)11-22-14-6-4-3-5-13(14)16/h3-6,12H,2,7-11H2,1H3,(H,17,19). The highest BCUT2D eigenvalue weighted by atomic mass is 32.2. The van der Waals surface area contributed by atoms with Crippen LogP contribution in [0.1, 0.15) is 19.8 Å². The van der Waals surface area contributed by atoms with E-state index in [1.807, 2.05) is 0 Å². The average Bonchev–Trinajstić information content (AvgIpc) is 2.54. The van der Waals surface area contributed by atoms with Gasteiger partial charge in [-0.1, -0.05) is 12.1 Å². The number of hydrogen-bond donors (Lipinski definition) is 1. The monoisotopic (exact) mass is 344 g/mol. The van der Waals surface area contributed by atoms with Gasteiger partial charge in [0.25, 0.3) is 5.91 Å². The van der Waals surface area contributed by atoms with E-state index in [1.165, 1.54) is 16.4 Å². The zero-order valence-corrected chi connectivity index (χ0v) is 13.8. The third kappa shape index (κ3) is 4.90. The predicted molar refractivity (Wildman–Crippen MR) is 84.1 cm³/mol. The topological polar surface area (TPSA) is 75.7 Å². The molecule has 0 atom stereocenters. The molecular weight excluding hydrogens is 323 g/mol. The summed E-state index contributed by atoms with van der Waals surface area (Å²) in [7, 11) is -3.17. The van der Waals surface area contributed by atoms with E-state index in [4.69, 9.17) is 4.74 Å². The number of nitrogens with zero attached hydrogens (tertiary/aromatic N) is 1. The Bertz CT molecular complexity index is 643. The van der Waals surface area contributed by atoms with Crippen molar-refractivity contribution in [3.8, 4) is 5.75 Å². The Kier molecular flexibility index (Phi) is 5.95. The summed E-state index contributed by atoms with van der Waals surface area (Å²) in [5.41, 5.74) is 0. The molecule has 0 aliphatic carbocycles. The van der Waals surface area contributed by atoms with Crippen LogP contribution in [0, 0.1) is 5.82 Å². The maximum absolute atomic E-state index is 13.4. The van der Waals surface area contributed by atoms with E-state index in [1.54, 1.807) is 19.1 Å². The second-order valence-corrected chi connectivity index (χ2v) is 7.62. The van der Waals surface area contributed by atoms with Gasteiger partial charge in [-0.05, 0) is 31.9 Å². The molecule has 0 saturated carbocycles. The number of amides is 1. The second kappa shape index (κ2) is 7.74. The number of carbonyl (C=O) groups excluding carboxylic acids is 1. The summed E-state index contributed by atoms with van der Waals surface area (Å²) < 4.78 is 43.5. The normalized spacial score (nSPS) is 17.0. The molecule has 1 aromatic carbocycles. The van der Waals surface area contributed by atoms with Crippen molar-refractivity contribution in [2.75, 3.05) is 25.4 Å². The molecule has 0 spiro atoms. The fraction of sp³-hybridized carbons (Fsp3) is 0.533. The largest absolute Gasteiger partial charge is 0.481 e. The molecular formula is C15H21FN2O4S. The molecule has 2 rings (SSSR count). The highest BCUT2D eigenvalue weighted by molar-refractivity contribution is 7.89. The second-order valence-electron chi connectivity index (χ2n) is 5.36. The van der Waals surface area contributed by atoms with E-state index < -0.39 is 15.8 Å². The van der Waals surface area contributed by atoms with Crippen LogP contribution in [0.3, 0.4) is 0 Å². The Morgan fingerprint density at radius 1 is 1.35 bits per heavy atom. The van der Waals surface area contributed by atoms with Crippen LogP contribution < -0.4 is 10.1 Å². The van der Waals surface area contributed by atoms with Crippen LogP contribution in [0.25, 0.3) is 0 Å². The summed E-state index contributed by atoms with van der Waals surface area (Å²) in [6, 6.07) is 5.80. The number of halogens is 1. The molecule has 0 bridgehead atoms. The molecule has 1 heterocycles. The lowest BCUT2D eigenvalue weighted by Gasteiger charge is -2.31. The molecule has 1 amide bonds. The Balaban J connectivity index is 1.76. The number of sulfonamides is 1. The van der Waals surface area contributed by atoms with Crippen LogP contribution >= 0.6 is 0 Å². The van der Waals surface area contributed by atoms with Crippen LogP contribution in [0.4, 0.5) is 4.39 Å². The van der Waals surface area contributed by atoms with Gasteiger partial charge in [-0.3, -0.25) is 4.79 Å².